The van der Waals surface area contributed by atoms with Crippen molar-refractivity contribution in [1.82, 2.24) is 4.90 Å². The van der Waals surface area contributed by atoms with Crippen LogP contribution in [-0.2, 0) is 4.79 Å². The molecule has 1 aliphatic heterocycles. The minimum Gasteiger partial charge on any atom is -0.503 e. The molecule has 3 rings (SSSR count). The first-order chi connectivity index (χ1) is 13.4. The molecule has 0 unspecified atom stereocenters. The Morgan fingerprint density at radius 2 is 2.07 bits per heavy atom. The van der Waals surface area contributed by atoms with Gasteiger partial charge in [-0.1, -0.05) is 18.2 Å². The Morgan fingerprint density at radius 3 is 2.71 bits per heavy atom. The number of carbonyl (C=O) groups is 2. The second-order valence-electron chi connectivity index (χ2n) is 6.93. The molecule has 2 N–H and O–H groups in total. The van der Waals surface area contributed by atoms with E-state index in [9.17, 15) is 14.7 Å². The first-order valence-corrected chi connectivity index (χ1v) is 10.2. The second kappa shape index (κ2) is 8.58. The highest BCUT2D eigenvalue weighted by Gasteiger charge is 2.44. The third-order valence-electron chi connectivity index (χ3n) is 4.63. The number of nitrogens with zero attached hydrogens (tertiary/aromatic N) is 1. The van der Waals surface area contributed by atoms with E-state index in [0.29, 0.717) is 30.3 Å². The average Bonchev–Trinajstić information content (AvgIpc) is 3.28. The van der Waals surface area contributed by atoms with E-state index in [1.54, 1.807) is 22.4 Å². The van der Waals surface area contributed by atoms with Crippen molar-refractivity contribution >= 4 is 23.0 Å². The molecular weight excluding hydrogens is 376 g/mol. The molecular formula is C21H25N2O4S+. The van der Waals surface area contributed by atoms with E-state index in [2.05, 4.69) is 0 Å². The smallest absolute Gasteiger partial charge is 0.290 e. The zero-order chi connectivity index (χ0) is 20.3. The first kappa shape index (κ1) is 20.1. The number of ether oxygens (including phenoxy) is 1. The summed E-state index contributed by atoms with van der Waals surface area (Å²) in [5.74, 6) is -0.612. The Bertz CT molecular complexity index is 890. The lowest BCUT2D eigenvalue weighted by Gasteiger charge is -2.27. The van der Waals surface area contributed by atoms with Gasteiger partial charge in [0.15, 0.2) is 5.76 Å². The highest BCUT2D eigenvalue weighted by atomic mass is 32.1. The van der Waals surface area contributed by atoms with Crippen molar-refractivity contribution in [2.24, 2.45) is 0 Å². The average molecular weight is 402 g/mol. The van der Waals surface area contributed by atoms with Crippen LogP contribution in [0.5, 0.6) is 5.75 Å². The number of carbonyl (C=O) groups excluding carboxylic acids is 2. The Balaban J connectivity index is 2.05. The lowest BCUT2D eigenvalue weighted by atomic mass is 9.95. The summed E-state index contributed by atoms with van der Waals surface area (Å²) in [7, 11) is 3.99. The first-order valence-electron chi connectivity index (χ1n) is 9.28. The summed E-state index contributed by atoms with van der Waals surface area (Å²) in [6.45, 7) is 3.54. The Hall–Kier alpha value is -2.64. The molecule has 148 valence electrons. The zero-order valence-electron chi connectivity index (χ0n) is 16.3. The third-order valence-corrected chi connectivity index (χ3v) is 5.50. The molecule has 1 atom stereocenters. The van der Waals surface area contributed by atoms with Crippen LogP contribution in [0.2, 0.25) is 0 Å². The number of rotatable bonds is 8. The maximum absolute atomic E-state index is 13.1. The van der Waals surface area contributed by atoms with Crippen molar-refractivity contribution in [3.63, 3.8) is 0 Å². The number of likely N-dealkylation sites (N-methyl/N-ethyl adjacent to an activating group) is 1. The Morgan fingerprint density at radius 1 is 1.29 bits per heavy atom. The van der Waals surface area contributed by atoms with Gasteiger partial charge in [0.2, 0.25) is 5.78 Å². The predicted molar refractivity (Wildman–Crippen MR) is 108 cm³/mol. The van der Waals surface area contributed by atoms with Gasteiger partial charge in [0, 0.05) is 0 Å². The van der Waals surface area contributed by atoms with Gasteiger partial charge in [0.05, 0.1) is 50.3 Å². The quantitative estimate of drug-likeness (QED) is 0.663. The highest BCUT2D eigenvalue weighted by Crippen LogP contribution is 2.40. The maximum atomic E-state index is 13.1. The van der Waals surface area contributed by atoms with Gasteiger partial charge in [-0.25, -0.2) is 0 Å². The lowest BCUT2D eigenvalue weighted by molar-refractivity contribution is -0.857. The molecule has 0 aliphatic carbocycles. The molecule has 1 aliphatic rings. The van der Waals surface area contributed by atoms with Gasteiger partial charge in [-0.05, 0) is 36.1 Å². The topological polar surface area (TPSA) is 71.3 Å². The largest absolute Gasteiger partial charge is 0.503 e. The molecule has 1 amide bonds. The van der Waals surface area contributed by atoms with E-state index < -0.39 is 17.7 Å². The van der Waals surface area contributed by atoms with Crippen molar-refractivity contribution in [1.29, 1.82) is 0 Å². The molecule has 0 bridgehead atoms. The van der Waals surface area contributed by atoms with Crippen LogP contribution >= 0.6 is 11.3 Å². The second-order valence-corrected chi connectivity index (χ2v) is 7.88. The van der Waals surface area contributed by atoms with Crippen LogP contribution in [0.15, 0.2) is 53.1 Å². The molecule has 2 heterocycles. The molecule has 7 heteroatoms. The standard InChI is InChI=1S/C21H24N2O4S/c1-4-27-15-8-5-7-14(13-15)18-17(19(24)16-9-6-12-28-16)20(25)21(26)23(18)11-10-22(2)3/h5-9,12-13,18,25H,4,10-11H2,1-3H3/p+1/t18-/m0/s1. The summed E-state index contributed by atoms with van der Waals surface area (Å²) in [6.07, 6.45) is 0. The Labute approximate surface area is 168 Å². The molecule has 28 heavy (non-hydrogen) atoms. The van der Waals surface area contributed by atoms with Crippen molar-refractivity contribution in [3.05, 3.63) is 63.6 Å². The molecule has 0 spiro atoms. The number of Topliss-reactive ketones (excluding diaryl/α,β-unsaturated/α-hetero) is 1. The molecule has 6 nitrogen and oxygen atoms in total. The summed E-state index contributed by atoms with van der Waals surface area (Å²) in [5.41, 5.74) is 0.881. The van der Waals surface area contributed by atoms with Crippen LogP contribution < -0.4 is 9.64 Å². The molecule has 1 aromatic carbocycles. The highest BCUT2D eigenvalue weighted by molar-refractivity contribution is 7.12. The number of aliphatic hydroxyl groups excluding tert-OH is 1. The number of nitrogens with one attached hydrogen (secondary N) is 1. The van der Waals surface area contributed by atoms with Gasteiger partial charge < -0.3 is 19.6 Å². The number of thiophene rings is 1. The van der Waals surface area contributed by atoms with Crippen LogP contribution in [0.25, 0.3) is 0 Å². The van der Waals surface area contributed by atoms with Gasteiger partial charge in [0.25, 0.3) is 5.91 Å². The maximum Gasteiger partial charge on any atom is 0.290 e. The molecule has 0 radical (unpaired) electrons. The van der Waals surface area contributed by atoms with Crippen LogP contribution in [0.4, 0.5) is 0 Å². The van der Waals surface area contributed by atoms with Gasteiger partial charge in [-0.3, -0.25) is 9.59 Å². The summed E-state index contributed by atoms with van der Waals surface area (Å²) in [6, 6.07) is 10.2. The number of aliphatic hydroxyl groups is 1. The lowest BCUT2D eigenvalue weighted by Crippen LogP contribution is -3.06. The monoisotopic (exact) mass is 401 g/mol. The zero-order valence-corrected chi connectivity index (χ0v) is 17.1. The van der Waals surface area contributed by atoms with Crippen LogP contribution in [0.1, 0.15) is 28.2 Å². The van der Waals surface area contributed by atoms with E-state index >= 15 is 0 Å². The van der Waals surface area contributed by atoms with Gasteiger partial charge in [-0.2, -0.15) is 0 Å². The fourth-order valence-corrected chi connectivity index (χ4v) is 3.97. The molecule has 2 aromatic rings. The molecule has 0 saturated heterocycles. The number of hydrogen-bond donors (Lipinski definition) is 2. The number of benzene rings is 1. The normalized spacial score (nSPS) is 16.9. The number of quaternary nitrogens is 1. The van der Waals surface area contributed by atoms with Gasteiger partial charge >= 0.3 is 0 Å². The molecule has 1 aromatic heterocycles. The third kappa shape index (κ3) is 3.95. The van der Waals surface area contributed by atoms with Gasteiger partial charge in [-0.15, -0.1) is 11.3 Å². The van der Waals surface area contributed by atoms with Crippen molar-refractivity contribution in [2.75, 3.05) is 33.8 Å². The van der Waals surface area contributed by atoms with E-state index in [4.69, 9.17) is 4.74 Å². The van der Waals surface area contributed by atoms with Crippen molar-refractivity contribution in [2.45, 2.75) is 13.0 Å². The predicted octanol–water partition coefficient (Wildman–Crippen LogP) is 1.87. The summed E-state index contributed by atoms with van der Waals surface area (Å²) in [4.78, 5) is 29.2. The van der Waals surface area contributed by atoms with E-state index in [0.717, 1.165) is 5.56 Å². The minimum absolute atomic E-state index is 0.134. The summed E-state index contributed by atoms with van der Waals surface area (Å²) in [5, 5.41) is 12.4. The Kier molecular flexibility index (Phi) is 6.16. The van der Waals surface area contributed by atoms with Gasteiger partial charge in [0.1, 0.15) is 5.75 Å². The van der Waals surface area contributed by atoms with Crippen LogP contribution in [-0.4, -0.2) is 55.5 Å². The van der Waals surface area contributed by atoms with Crippen LogP contribution in [0.3, 0.4) is 0 Å². The summed E-state index contributed by atoms with van der Waals surface area (Å²) >= 11 is 1.30. The minimum atomic E-state index is -0.637. The number of ketones is 1. The SMILES string of the molecule is CCOc1cccc([C@H]2C(C(=O)c3cccs3)=C(O)C(=O)N2CC[NH+](C)C)c1. The van der Waals surface area contributed by atoms with Crippen molar-refractivity contribution < 1.29 is 24.3 Å². The fourth-order valence-electron chi connectivity index (χ4n) is 3.29. The van der Waals surface area contributed by atoms with Crippen LogP contribution in [0, 0.1) is 0 Å². The fraction of sp³-hybridized carbons (Fsp3) is 0.333. The number of amides is 1. The molecule has 0 fully saturated rings. The van der Waals surface area contributed by atoms with E-state index in [1.807, 2.05) is 45.3 Å². The van der Waals surface area contributed by atoms with E-state index in [-0.39, 0.29) is 11.4 Å². The van der Waals surface area contributed by atoms with E-state index in [1.165, 1.54) is 16.2 Å². The number of hydrogen-bond acceptors (Lipinski definition) is 5. The van der Waals surface area contributed by atoms with Crippen molar-refractivity contribution in [3.8, 4) is 5.75 Å². The molecule has 0 saturated carbocycles. The summed E-state index contributed by atoms with van der Waals surface area (Å²) < 4.78 is 5.59.